The quantitative estimate of drug-likeness (QED) is 0.537. The van der Waals surface area contributed by atoms with E-state index in [0.717, 1.165) is 31.5 Å². The van der Waals surface area contributed by atoms with Gasteiger partial charge in [0.25, 0.3) is 5.91 Å². The van der Waals surface area contributed by atoms with Gasteiger partial charge in [-0.15, -0.1) is 0 Å². The lowest BCUT2D eigenvalue weighted by atomic mass is 10.1. The maximum Gasteiger partial charge on any atom is 0.266 e. The minimum atomic E-state index is -0.106. The second kappa shape index (κ2) is 9.02. The lowest BCUT2D eigenvalue weighted by Gasteiger charge is -2.27. The molecule has 0 N–H and O–H groups in total. The van der Waals surface area contributed by atoms with Crippen LogP contribution in [0.5, 0.6) is 0 Å². The van der Waals surface area contributed by atoms with Crippen LogP contribution in [0, 0.1) is 0 Å². The van der Waals surface area contributed by atoms with Crippen molar-refractivity contribution in [1.82, 2.24) is 9.80 Å². The molecule has 0 spiro atoms. The van der Waals surface area contributed by atoms with Gasteiger partial charge in [-0.1, -0.05) is 53.8 Å². The van der Waals surface area contributed by atoms with Gasteiger partial charge in [-0.05, 0) is 43.4 Å². The summed E-state index contributed by atoms with van der Waals surface area (Å²) in [7, 11) is 0. The molecule has 0 radical (unpaired) electrons. The van der Waals surface area contributed by atoms with E-state index in [-0.39, 0.29) is 11.8 Å². The van der Waals surface area contributed by atoms with Crippen molar-refractivity contribution in [1.29, 1.82) is 0 Å². The van der Waals surface area contributed by atoms with Crippen molar-refractivity contribution in [3.8, 4) is 0 Å². The molecule has 2 saturated heterocycles. The monoisotopic (exact) mass is 408 g/mol. The number of nitrogens with zero attached hydrogens (tertiary/aromatic N) is 2. The summed E-state index contributed by atoms with van der Waals surface area (Å²) in [5, 5.41) is 0.602. The van der Waals surface area contributed by atoms with Gasteiger partial charge in [0.15, 0.2) is 0 Å². The molecule has 2 heterocycles. The number of piperidine rings is 1. The minimum absolute atomic E-state index is 0.106. The third-order valence-corrected chi connectivity index (χ3v) is 6.27. The number of likely N-dealkylation sites (tertiary alicyclic amines) is 1. The van der Waals surface area contributed by atoms with Gasteiger partial charge in [-0.3, -0.25) is 14.5 Å². The zero-order chi connectivity index (χ0) is 18.5. The number of halogens is 1. The highest BCUT2D eigenvalue weighted by Crippen LogP contribution is 2.33. The van der Waals surface area contributed by atoms with Gasteiger partial charge in [0.1, 0.15) is 4.32 Å². The van der Waals surface area contributed by atoms with Gasteiger partial charge < -0.3 is 4.90 Å². The number of carbonyl (C=O) groups excluding carboxylic acids is 2. The second-order valence-electron chi connectivity index (χ2n) is 6.40. The fourth-order valence-electron chi connectivity index (χ4n) is 3.12. The molecule has 0 unspecified atom stereocenters. The van der Waals surface area contributed by atoms with Gasteiger partial charge >= 0.3 is 0 Å². The molecule has 26 heavy (non-hydrogen) atoms. The van der Waals surface area contributed by atoms with Crippen LogP contribution in [0.2, 0.25) is 5.02 Å². The molecule has 0 bridgehead atoms. The topological polar surface area (TPSA) is 40.6 Å². The predicted octanol–water partition coefficient (Wildman–Crippen LogP) is 4.33. The second-order valence-corrected chi connectivity index (χ2v) is 8.48. The number of hydrogen-bond donors (Lipinski definition) is 0. The minimum Gasteiger partial charge on any atom is -0.343 e. The average molecular weight is 409 g/mol. The van der Waals surface area contributed by atoms with E-state index in [9.17, 15) is 9.59 Å². The van der Waals surface area contributed by atoms with Crippen LogP contribution < -0.4 is 0 Å². The van der Waals surface area contributed by atoms with Crippen LogP contribution in [-0.4, -0.2) is 45.6 Å². The summed E-state index contributed by atoms with van der Waals surface area (Å²) in [6, 6.07) is 7.39. The van der Waals surface area contributed by atoms with E-state index < -0.39 is 0 Å². The molecule has 2 aliphatic heterocycles. The Hall–Kier alpha value is -1.37. The standard InChI is InChI=1S/C19H21ClN2O2S2/c20-15-8-3-2-7-14(15)13-16-18(24)22(19(25)26-16)12-6-9-17(23)21-10-4-1-5-11-21/h2-3,7-8,13H,1,4-6,9-12H2/b16-13-. The first kappa shape index (κ1) is 19.4. The number of carbonyl (C=O) groups is 2. The first-order valence-corrected chi connectivity index (χ1v) is 10.4. The van der Waals surface area contributed by atoms with Crippen molar-refractivity contribution in [2.24, 2.45) is 0 Å². The lowest BCUT2D eigenvalue weighted by molar-refractivity contribution is -0.132. The van der Waals surface area contributed by atoms with Gasteiger partial charge in [-0.2, -0.15) is 0 Å². The van der Waals surface area contributed by atoms with Gasteiger partial charge in [0, 0.05) is 31.1 Å². The Morgan fingerprint density at radius 1 is 1.23 bits per heavy atom. The molecular weight excluding hydrogens is 388 g/mol. The highest BCUT2D eigenvalue weighted by molar-refractivity contribution is 8.26. The molecule has 0 saturated carbocycles. The van der Waals surface area contributed by atoms with Crippen molar-refractivity contribution in [3.05, 3.63) is 39.8 Å². The normalized spacial score (nSPS) is 19.5. The highest BCUT2D eigenvalue weighted by Gasteiger charge is 2.32. The molecular formula is C19H21ClN2O2S2. The van der Waals surface area contributed by atoms with E-state index >= 15 is 0 Å². The summed E-state index contributed by atoms with van der Waals surface area (Å²) in [6.07, 6.45) is 6.25. The third-order valence-electron chi connectivity index (χ3n) is 4.55. The molecule has 1 aromatic rings. The van der Waals surface area contributed by atoms with Crippen molar-refractivity contribution in [3.63, 3.8) is 0 Å². The fraction of sp³-hybridized carbons (Fsp3) is 0.421. The van der Waals surface area contributed by atoms with Crippen LogP contribution in [0.4, 0.5) is 0 Å². The summed E-state index contributed by atoms with van der Waals surface area (Å²) in [4.78, 5) is 29.0. The van der Waals surface area contributed by atoms with Crippen LogP contribution in [0.1, 0.15) is 37.7 Å². The van der Waals surface area contributed by atoms with Gasteiger partial charge in [0.05, 0.1) is 4.91 Å². The summed E-state index contributed by atoms with van der Waals surface area (Å²) in [5.41, 5.74) is 0.801. The summed E-state index contributed by atoms with van der Waals surface area (Å²) in [6.45, 7) is 2.20. The number of rotatable bonds is 5. The van der Waals surface area contributed by atoms with E-state index in [1.165, 1.54) is 18.2 Å². The van der Waals surface area contributed by atoms with E-state index in [4.69, 9.17) is 23.8 Å². The molecule has 0 aliphatic carbocycles. The fourth-order valence-corrected chi connectivity index (χ4v) is 4.61. The zero-order valence-corrected chi connectivity index (χ0v) is 16.8. The Labute approximate surface area is 168 Å². The predicted molar refractivity (Wildman–Crippen MR) is 111 cm³/mol. The smallest absolute Gasteiger partial charge is 0.266 e. The van der Waals surface area contributed by atoms with Crippen LogP contribution >= 0.6 is 35.6 Å². The number of benzene rings is 1. The Balaban J connectivity index is 1.56. The van der Waals surface area contributed by atoms with E-state index in [1.54, 1.807) is 17.0 Å². The Morgan fingerprint density at radius 3 is 2.69 bits per heavy atom. The first-order valence-electron chi connectivity index (χ1n) is 8.84. The highest BCUT2D eigenvalue weighted by atomic mass is 35.5. The van der Waals surface area contributed by atoms with Crippen molar-refractivity contribution < 1.29 is 9.59 Å². The van der Waals surface area contributed by atoms with Crippen molar-refractivity contribution in [2.45, 2.75) is 32.1 Å². The SMILES string of the molecule is O=C(CCCN1C(=O)/C(=C/c2ccccc2Cl)SC1=S)N1CCCCC1. The average Bonchev–Trinajstić information content (AvgIpc) is 2.91. The molecule has 0 aromatic heterocycles. The summed E-state index contributed by atoms with van der Waals surface area (Å²) >= 11 is 12.8. The molecule has 4 nitrogen and oxygen atoms in total. The van der Waals surface area contributed by atoms with E-state index in [0.29, 0.717) is 33.6 Å². The Bertz CT molecular complexity index is 745. The van der Waals surface area contributed by atoms with Crippen LogP contribution in [0.25, 0.3) is 6.08 Å². The first-order chi connectivity index (χ1) is 12.6. The molecule has 138 valence electrons. The molecule has 0 atom stereocenters. The number of thioether (sulfide) groups is 1. The molecule has 3 rings (SSSR count). The maximum absolute atomic E-state index is 12.6. The lowest BCUT2D eigenvalue weighted by Crippen LogP contribution is -2.36. The molecule has 2 amide bonds. The van der Waals surface area contributed by atoms with Gasteiger partial charge in [0.2, 0.25) is 5.91 Å². The summed E-state index contributed by atoms with van der Waals surface area (Å²) in [5.74, 6) is 0.0760. The largest absolute Gasteiger partial charge is 0.343 e. The van der Waals surface area contributed by atoms with Crippen LogP contribution in [-0.2, 0) is 9.59 Å². The van der Waals surface area contributed by atoms with Crippen LogP contribution in [0.15, 0.2) is 29.2 Å². The Morgan fingerprint density at radius 2 is 1.96 bits per heavy atom. The van der Waals surface area contributed by atoms with E-state index in [1.807, 2.05) is 23.1 Å². The van der Waals surface area contributed by atoms with Gasteiger partial charge in [-0.25, -0.2) is 0 Å². The molecule has 1 aromatic carbocycles. The Kier molecular flexibility index (Phi) is 6.73. The zero-order valence-electron chi connectivity index (χ0n) is 14.4. The number of amides is 2. The maximum atomic E-state index is 12.6. The third kappa shape index (κ3) is 4.67. The van der Waals surface area contributed by atoms with Crippen molar-refractivity contribution in [2.75, 3.05) is 19.6 Å². The number of hydrogen-bond acceptors (Lipinski definition) is 4. The summed E-state index contributed by atoms with van der Waals surface area (Å²) < 4.78 is 0.540. The number of thiocarbonyl (C=S) groups is 1. The molecule has 7 heteroatoms. The van der Waals surface area contributed by atoms with Crippen LogP contribution in [0.3, 0.4) is 0 Å². The molecule has 2 aliphatic rings. The van der Waals surface area contributed by atoms with E-state index in [2.05, 4.69) is 0 Å². The van der Waals surface area contributed by atoms with Crippen molar-refractivity contribution >= 4 is 57.8 Å². The molecule has 2 fully saturated rings.